The highest BCUT2D eigenvalue weighted by Crippen LogP contribution is 2.22. The Morgan fingerprint density at radius 2 is 2.00 bits per heavy atom. The van der Waals surface area contributed by atoms with Gasteiger partial charge < -0.3 is 15.4 Å². The second kappa shape index (κ2) is 7.53. The molecule has 1 unspecified atom stereocenters. The first-order valence-electron chi connectivity index (χ1n) is 6.76. The van der Waals surface area contributed by atoms with Crippen LogP contribution in [0, 0.1) is 6.92 Å². The minimum Gasteiger partial charge on any atom is -0.467 e. The molecule has 5 heteroatoms. The van der Waals surface area contributed by atoms with E-state index < -0.39 is 6.04 Å². The van der Waals surface area contributed by atoms with Crippen LogP contribution in [0.15, 0.2) is 18.2 Å². The van der Waals surface area contributed by atoms with Gasteiger partial charge in [0.25, 0.3) is 0 Å². The number of carbonyl (C=O) groups is 2. The molecule has 0 aliphatic heterocycles. The first-order valence-corrected chi connectivity index (χ1v) is 6.76. The van der Waals surface area contributed by atoms with Gasteiger partial charge in [-0.25, -0.2) is 4.79 Å². The summed E-state index contributed by atoms with van der Waals surface area (Å²) in [5.41, 5.74) is 2.53. The number of benzene rings is 1. The van der Waals surface area contributed by atoms with E-state index in [1.807, 2.05) is 32.0 Å². The van der Waals surface area contributed by atoms with Gasteiger partial charge in [-0.15, -0.1) is 0 Å². The van der Waals surface area contributed by atoms with Crippen molar-refractivity contribution in [1.29, 1.82) is 0 Å². The molecule has 0 saturated heterocycles. The number of methoxy groups -OCH3 is 1. The van der Waals surface area contributed by atoms with E-state index in [-0.39, 0.29) is 11.9 Å². The maximum atomic E-state index is 11.6. The molecule has 1 amide bonds. The molecule has 110 valence electrons. The average Bonchev–Trinajstić information content (AvgIpc) is 2.46. The lowest BCUT2D eigenvalue weighted by atomic mass is 10.1. The zero-order chi connectivity index (χ0) is 15.1. The van der Waals surface area contributed by atoms with Crippen molar-refractivity contribution in [3.05, 3.63) is 23.8 Å². The van der Waals surface area contributed by atoms with E-state index in [2.05, 4.69) is 10.6 Å². The minimum absolute atomic E-state index is 0.0418. The summed E-state index contributed by atoms with van der Waals surface area (Å²) in [5, 5.41) is 5.95. The molecule has 0 saturated carbocycles. The van der Waals surface area contributed by atoms with E-state index in [4.69, 9.17) is 4.74 Å². The van der Waals surface area contributed by atoms with Crippen LogP contribution >= 0.6 is 0 Å². The molecule has 1 aromatic rings. The monoisotopic (exact) mass is 278 g/mol. The van der Waals surface area contributed by atoms with Gasteiger partial charge in [0.1, 0.15) is 6.04 Å². The molecule has 0 bridgehead atoms. The van der Waals surface area contributed by atoms with E-state index in [1.165, 1.54) is 7.11 Å². The number of esters is 1. The Balaban J connectivity index is 2.90. The zero-order valence-electron chi connectivity index (χ0n) is 12.4. The third-order valence-electron chi connectivity index (χ3n) is 3.07. The Kier molecular flexibility index (Phi) is 6.03. The van der Waals surface area contributed by atoms with Crippen LogP contribution in [0.25, 0.3) is 0 Å². The second-order valence-electron chi connectivity index (χ2n) is 4.56. The lowest BCUT2D eigenvalue weighted by Crippen LogP contribution is -2.30. The number of rotatable bonds is 6. The summed E-state index contributed by atoms with van der Waals surface area (Å²) >= 11 is 0. The Morgan fingerprint density at radius 1 is 1.30 bits per heavy atom. The molecular formula is C15H22N2O3. The summed E-state index contributed by atoms with van der Waals surface area (Å²) in [5.74, 6) is -0.338. The minimum atomic E-state index is -0.393. The Hall–Kier alpha value is -2.04. The number of anilines is 2. The summed E-state index contributed by atoms with van der Waals surface area (Å²) in [6.45, 7) is 5.65. The zero-order valence-corrected chi connectivity index (χ0v) is 12.4. The molecule has 0 fully saturated rings. The van der Waals surface area contributed by atoms with Crippen LogP contribution in [-0.4, -0.2) is 25.0 Å². The topological polar surface area (TPSA) is 67.4 Å². The summed E-state index contributed by atoms with van der Waals surface area (Å²) in [4.78, 5) is 23.0. The van der Waals surface area contributed by atoms with Crippen molar-refractivity contribution < 1.29 is 14.3 Å². The average molecular weight is 278 g/mol. The van der Waals surface area contributed by atoms with Gasteiger partial charge in [0.15, 0.2) is 0 Å². The third-order valence-corrected chi connectivity index (χ3v) is 3.07. The van der Waals surface area contributed by atoms with E-state index >= 15 is 0 Å². The van der Waals surface area contributed by atoms with Crippen LogP contribution in [0.2, 0.25) is 0 Å². The Morgan fingerprint density at radius 3 is 2.55 bits per heavy atom. The number of hydrogen-bond donors (Lipinski definition) is 2. The van der Waals surface area contributed by atoms with Crippen LogP contribution in [-0.2, 0) is 14.3 Å². The van der Waals surface area contributed by atoms with E-state index in [1.54, 1.807) is 6.92 Å². The first-order chi connectivity index (χ1) is 9.51. The molecule has 0 spiro atoms. The van der Waals surface area contributed by atoms with Crippen molar-refractivity contribution in [2.24, 2.45) is 0 Å². The highest BCUT2D eigenvalue weighted by Gasteiger charge is 2.17. The van der Waals surface area contributed by atoms with Crippen molar-refractivity contribution in [3.8, 4) is 0 Å². The van der Waals surface area contributed by atoms with E-state index in [0.29, 0.717) is 18.5 Å². The smallest absolute Gasteiger partial charge is 0.328 e. The molecule has 1 aromatic carbocycles. The van der Waals surface area contributed by atoms with Crippen molar-refractivity contribution in [2.45, 2.75) is 39.7 Å². The highest BCUT2D eigenvalue weighted by atomic mass is 16.5. The molecule has 0 aromatic heterocycles. The van der Waals surface area contributed by atoms with E-state index in [0.717, 1.165) is 11.3 Å². The van der Waals surface area contributed by atoms with Crippen LogP contribution in [0.1, 0.15) is 32.3 Å². The number of hydrogen-bond acceptors (Lipinski definition) is 4. The maximum Gasteiger partial charge on any atom is 0.328 e. The first kappa shape index (κ1) is 16.0. The molecule has 1 rings (SSSR count). The van der Waals surface area contributed by atoms with Crippen LogP contribution in [0.3, 0.4) is 0 Å². The molecule has 2 N–H and O–H groups in total. The normalized spacial score (nSPS) is 11.6. The molecular weight excluding hydrogens is 256 g/mol. The number of aryl methyl sites for hydroxylation is 1. The number of nitrogens with one attached hydrogen (secondary N) is 2. The standard InChI is InChI=1S/C15H22N2O3/c1-5-12(15(19)20-4)17-13-9-11(8-7-10(13)3)16-14(18)6-2/h7-9,12,17H,5-6H2,1-4H3,(H,16,18). The fourth-order valence-electron chi connectivity index (χ4n) is 1.76. The van der Waals surface area contributed by atoms with Crippen molar-refractivity contribution >= 4 is 23.3 Å². The Labute approximate surface area is 119 Å². The second-order valence-corrected chi connectivity index (χ2v) is 4.56. The highest BCUT2D eigenvalue weighted by molar-refractivity contribution is 5.91. The lowest BCUT2D eigenvalue weighted by molar-refractivity contribution is -0.141. The van der Waals surface area contributed by atoms with Crippen molar-refractivity contribution in [2.75, 3.05) is 17.7 Å². The van der Waals surface area contributed by atoms with Crippen molar-refractivity contribution in [1.82, 2.24) is 0 Å². The fourth-order valence-corrected chi connectivity index (χ4v) is 1.76. The van der Waals surface area contributed by atoms with Gasteiger partial charge in [0.05, 0.1) is 7.11 Å². The van der Waals surface area contributed by atoms with Gasteiger partial charge in [-0.3, -0.25) is 4.79 Å². The predicted molar refractivity (Wildman–Crippen MR) is 79.8 cm³/mol. The van der Waals surface area contributed by atoms with Gasteiger partial charge in [0, 0.05) is 17.8 Å². The van der Waals surface area contributed by atoms with E-state index in [9.17, 15) is 9.59 Å². The summed E-state index contributed by atoms with van der Waals surface area (Å²) < 4.78 is 4.76. The van der Waals surface area contributed by atoms with Gasteiger partial charge in [-0.2, -0.15) is 0 Å². The van der Waals surface area contributed by atoms with Crippen molar-refractivity contribution in [3.63, 3.8) is 0 Å². The largest absolute Gasteiger partial charge is 0.467 e. The molecule has 0 aliphatic carbocycles. The Bertz CT molecular complexity index is 486. The predicted octanol–water partition coefficient (Wildman–Crippen LogP) is 2.71. The molecule has 0 radical (unpaired) electrons. The third kappa shape index (κ3) is 4.26. The molecule has 0 heterocycles. The lowest BCUT2D eigenvalue weighted by Gasteiger charge is -2.18. The quantitative estimate of drug-likeness (QED) is 0.785. The van der Waals surface area contributed by atoms with Gasteiger partial charge in [0.2, 0.25) is 5.91 Å². The van der Waals surface area contributed by atoms with Crippen LogP contribution < -0.4 is 10.6 Å². The van der Waals surface area contributed by atoms with Gasteiger partial charge in [-0.1, -0.05) is 19.9 Å². The number of carbonyl (C=O) groups excluding carboxylic acids is 2. The van der Waals surface area contributed by atoms with Crippen LogP contribution in [0.5, 0.6) is 0 Å². The van der Waals surface area contributed by atoms with Crippen LogP contribution in [0.4, 0.5) is 11.4 Å². The molecule has 1 atom stereocenters. The summed E-state index contributed by atoms with van der Waals surface area (Å²) in [7, 11) is 1.37. The molecule has 20 heavy (non-hydrogen) atoms. The van der Waals surface area contributed by atoms with Gasteiger partial charge in [-0.05, 0) is 31.0 Å². The fraction of sp³-hybridized carbons (Fsp3) is 0.467. The summed E-state index contributed by atoms with van der Waals surface area (Å²) in [6, 6.07) is 5.18. The molecule has 0 aliphatic rings. The number of ether oxygens (including phenoxy) is 1. The molecule has 5 nitrogen and oxygen atoms in total. The summed E-state index contributed by atoms with van der Waals surface area (Å²) in [6.07, 6.45) is 1.05. The SMILES string of the molecule is CCC(=O)Nc1ccc(C)c(NC(CC)C(=O)OC)c1. The maximum absolute atomic E-state index is 11.6. The number of amides is 1. The van der Waals surface area contributed by atoms with Gasteiger partial charge >= 0.3 is 5.97 Å².